The highest BCUT2D eigenvalue weighted by Gasteiger charge is 2.38. The Morgan fingerprint density at radius 2 is 2.17 bits per heavy atom. The maximum Gasteiger partial charge on any atom is 0.137 e. The third-order valence-electron chi connectivity index (χ3n) is 3.96. The van der Waals surface area contributed by atoms with Crippen molar-refractivity contribution in [2.75, 3.05) is 6.54 Å². The first-order chi connectivity index (χ1) is 11.0. The number of aromatic nitrogens is 3. The standard InChI is InChI=1S/C16H22F2N4O/c1-3-4-7-20-12(2)16(23,9-22-11-19-10-21-22)14-6-5-13(17)8-15(14)18/h5-6,8,10-12,20,23H,3-4,7,9H2,1-2H3/t12-,16-/m1/s1. The third-order valence-corrected chi connectivity index (χ3v) is 3.96. The van der Waals surface area contributed by atoms with Crippen LogP contribution in [0.15, 0.2) is 30.9 Å². The minimum absolute atomic E-state index is 0.00977. The molecule has 1 aromatic heterocycles. The summed E-state index contributed by atoms with van der Waals surface area (Å²) in [4.78, 5) is 3.84. The van der Waals surface area contributed by atoms with E-state index in [1.807, 2.05) is 0 Å². The zero-order valence-electron chi connectivity index (χ0n) is 13.3. The van der Waals surface area contributed by atoms with Crippen LogP contribution < -0.4 is 5.32 Å². The number of rotatable bonds is 8. The molecule has 2 rings (SSSR count). The topological polar surface area (TPSA) is 63.0 Å². The molecule has 0 bridgehead atoms. The fourth-order valence-corrected chi connectivity index (χ4v) is 2.52. The molecule has 0 saturated carbocycles. The van der Waals surface area contributed by atoms with Crippen molar-refractivity contribution in [2.24, 2.45) is 0 Å². The molecule has 0 unspecified atom stereocenters. The lowest BCUT2D eigenvalue weighted by atomic mass is 9.86. The Labute approximate surface area is 134 Å². The van der Waals surface area contributed by atoms with E-state index in [9.17, 15) is 13.9 Å². The second kappa shape index (κ2) is 7.61. The van der Waals surface area contributed by atoms with E-state index in [0.29, 0.717) is 6.54 Å². The zero-order chi connectivity index (χ0) is 16.9. The molecule has 1 aromatic carbocycles. The van der Waals surface area contributed by atoms with Gasteiger partial charge >= 0.3 is 0 Å². The lowest BCUT2D eigenvalue weighted by Crippen LogP contribution is -2.50. The highest BCUT2D eigenvalue weighted by Crippen LogP contribution is 2.30. The average molecular weight is 324 g/mol. The molecule has 7 heteroatoms. The summed E-state index contributed by atoms with van der Waals surface area (Å²) in [5.41, 5.74) is -1.55. The summed E-state index contributed by atoms with van der Waals surface area (Å²) < 4.78 is 28.9. The first-order valence-corrected chi connectivity index (χ1v) is 7.71. The van der Waals surface area contributed by atoms with Crippen LogP contribution in [0.5, 0.6) is 0 Å². The first-order valence-electron chi connectivity index (χ1n) is 7.71. The molecule has 0 aliphatic rings. The Morgan fingerprint density at radius 1 is 1.39 bits per heavy atom. The van der Waals surface area contributed by atoms with E-state index >= 15 is 0 Å². The molecular formula is C16H22F2N4O. The van der Waals surface area contributed by atoms with Gasteiger partial charge in [-0.25, -0.2) is 18.4 Å². The van der Waals surface area contributed by atoms with Crippen LogP contribution in [0, 0.1) is 11.6 Å². The molecule has 23 heavy (non-hydrogen) atoms. The predicted octanol–water partition coefficient (Wildman–Crippen LogP) is 2.22. The molecule has 0 saturated heterocycles. The van der Waals surface area contributed by atoms with E-state index in [0.717, 1.165) is 25.0 Å². The Bertz CT molecular complexity index is 621. The first kappa shape index (κ1) is 17.5. The Kier molecular flexibility index (Phi) is 5.79. The van der Waals surface area contributed by atoms with Gasteiger partial charge in [0, 0.05) is 17.7 Å². The van der Waals surface area contributed by atoms with Crippen molar-refractivity contribution in [2.45, 2.75) is 44.9 Å². The van der Waals surface area contributed by atoms with Crippen LogP contribution in [0.2, 0.25) is 0 Å². The van der Waals surface area contributed by atoms with Gasteiger partial charge in [-0.2, -0.15) is 5.10 Å². The van der Waals surface area contributed by atoms with Crippen LogP contribution in [-0.4, -0.2) is 32.5 Å². The molecule has 1 heterocycles. The summed E-state index contributed by atoms with van der Waals surface area (Å²) in [5.74, 6) is -1.46. The largest absolute Gasteiger partial charge is 0.381 e. The van der Waals surface area contributed by atoms with Crippen molar-refractivity contribution in [3.8, 4) is 0 Å². The number of hydrogen-bond donors (Lipinski definition) is 2. The Morgan fingerprint density at radius 3 is 2.78 bits per heavy atom. The summed E-state index contributed by atoms with van der Waals surface area (Å²) in [5, 5.41) is 18.4. The minimum Gasteiger partial charge on any atom is -0.381 e. The van der Waals surface area contributed by atoms with E-state index < -0.39 is 23.3 Å². The van der Waals surface area contributed by atoms with E-state index in [-0.39, 0.29) is 12.1 Å². The third kappa shape index (κ3) is 4.11. The van der Waals surface area contributed by atoms with Crippen LogP contribution in [0.3, 0.4) is 0 Å². The molecule has 126 valence electrons. The van der Waals surface area contributed by atoms with E-state index in [1.165, 1.54) is 23.4 Å². The second-order valence-electron chi connectivity index (χ2n) is 5.67. The lowest BCUT2D eigenvalue weighted by molar-refractivity contribution is -0.0200. The molecule has 0 spiro atoms. The number of benzene rings is 1. The number of nitrogens with zero attached hydrogens (tertiary/aromatic N) is 3. The molecule has 2 N–H and O–H groups in total. The number of unbranched alkanes of at least 4 members (excludes halogenated alkanes) is 1. The van der Waals surface area contributed by atoms with Gasteiger partial charge in [0.05, 0.1) is 6.54 Å². The molecule has 0 amide bonds. The molecule has 0 aliphatic heterocycles. The van der Waals surface area contributed by atoms with Crippen LogP contribution in [0.1, 0.15) is 32.3 Å². The molecule has 2 atom stereocenters. The normalized spacial score (nSPS) is 15.3. The van der Waals surface area contributed by atoms with E-state index in [2.05, 4.69) is 22.3 Å². The summed E-state index contributed by atoms with van der Waals surface area (Å²) in [6.07, 6.45) is 4.74. The second-order valence-corrected chi connectivity index (χ2v) is 5.67. The van der Waals surface area contributed by atoms with E-state index in [4.69, 9.17) is 0 Å². The van der Waals surface area contributed by atoms with Crippen molar-refractivity contribution in [1.29, 1.82) is 0 Å². The van der Waals surface area contributed by atoms with Crippen molar-refractivity contribution in [3.63, 3.8) is 0 Å². The van der Waals surface area contributed by atoms with Gasteiger partial charge in [0.1, 0.15) is 29.9 Å². The molecule has 0 radical (unpaired) electrons. The molecule has 2 aromatic rings. The van der Waals surface area contributed by atoms with Gasteiger partial charge in [-0.3, -0.25) is 0 Å². The van der Waals surface area contributed by atoms with Crippen molar-refractivity contribution >= 4 is 0 Å². The van der Waals surface area contributed by atoms with Crippen molar-refractivity contribution in [3.05, 3.63) is 48.1 Å². The summed E-state index contributed by atoms with van der Waals surface area (Å²) in [6.45, 7) is 4.54. The number of aliphatic hydroxyl groups is 1. The zero-order valence-corrected chi connectivity index (χ0v) is 13.3. The van der Waals surface area contributed by atoms with Crippen LogP contribution >= 0.6 is 0 Å². The molecule has 5 nitrogen and oxygen atoms in total. The summed E-state index contributed by atoms with van der Waals surface area (Å²) in [6, 6.07) is 2.74. The van der Waals surface area contributed by atoms with Crippen LogP contribution in [-0.2, 0) is 12.1 Å². The average Bonchev–Trinajstić information content (AvgIpc) is 2.99. The minimum atomic E-state index is -1.58. The van der Waals surface area contributed by atoms with Gasteiger partial charge < -0.3 is 10.4 Å². The highest BCUT2D eigenvalue weighted by molar-refractivity contribution is 5.27. The predicted molar refractivity (Wildman–Crippen MR) is 82.6 cm³/mol. The van der Waals surface area contributed by atoms with Gasteiger partial charge in [-0.1, -0.05) is 19.4 Å². The smallest absolute Gasteiger partial charge is 0.137 e. The quantitative estimate of drug-likeness (QED) is 0.731. The van der Waals surface area contributed by atoms with Crippen molar-refractivity contribution < 1.29 is 13.9 Å². The maximum absolute atomic E-state index is 14.3. The Hall–Kier alpha value is -1.86. The highest BCUT2D eigenvalue weighted by atomic mass is 19.1. The monoisotopic (exact) mass is 324 g/mol. The number of nitrogens with one attached hydrogen (secondary N) is 1. The van der Waals surface area contributed by atoms with Crippen LogP contribution in [0.25, 0.3) is 0 Å². The molecular weight excluding hydrogens is 302 g/mol. The summed E-state index contributed by atoms with van der Waals surface area (Å²) >= 11 is 0. The van der Waals surface area contributed by atoms with Gasteiger partial charge in [-0.05, 0) is 26.0 Å². The fraction of sp³-hybridized carbons (Fsp3) is 0.500. The van der Waals surface area contributed by atoms with Gasteiger partial charge in [-0.15, -0.1) is 0 Å². The van der Waals surface area contributed by atoms with Crippen LogP contribution in [0.4, 0.5) is 8.78 Å². The summed E-state index contributed by atoms with van der Waals surface area (Å²) in [7, 11) is 0. The Balaban J connectivity index is 2.33. The van der Waals surface area contributed by atoms with Gasteiger partial charge in [0.15, 0.2) is 0 Å². The fourth-order valence-electron chi connectivity index (χ4n) is 2.52. The molecule has 0 aliphatic carbocycles. The van der Waals surface area contributed by atoms with Gasteiger partial charge in [0.25, 0.3) is 0 Å². The van der Waals surface area contributed by atoms with Crippen molar-refractivity contribution in [1.82, 2.24) is 20.1 Å². The van der Waals surface area contributed by atoms with E-state index in [1.54, 1.807) is 6.92 Å². The number of halogens is 2. The van der Waals surface area contributed by atoms with Gasteiger partial charge in [0.2, 0.25) is 0 Å². The number of hydrogen-bond acceptors (Lipinski definition) is 4. The lowest BCUT2D eigenvalue weighted by Gasteiger charge is -2.35. The SMILES string of the molecule is CCCCN[C@H](C)[C@](O)(Cn1cncn1)c1ccc(F)cc1F. The maximum atomic E-state index is 14.3. The molecule has 0 fully saturated rings.